The standard InChI is InChI=1S/C10H14FN/c1-8(12-2)10(11)9-6-4-3-5-7-9/h3-8,10,12H,1-2H3/t8-,10-/m0/s1. The average molecular weight is 167 g/mol. The first-order chi connectivity index (χ1) is 5.75. The maximum atomic E-state index is 13.5. The van der Waals surface area contributed by atoms with Crippen LogP contribution in [0.4, 0.5) is 4.39 Å². The summed E-state index contributed by atoms with van der Waals surface area (Å²) in [7, 11) is 1.76. The van der Waals surface area contributed by atoms with E-state index in [0.29, 0.717) is 0 Å². The van der Waals surface area contributed by atoms with Gasteiger partial charge in [-0.2, -0.15) is 0 Å². The Morgan fingerprint density at radius 1 is 1.25 bits per heavy atom. The van der Waals surface area contributed by atoms with Crippen LogP contribution < -0.4 is 5.32 Å². The first kappa shape index (κ1) is 9.20. The fraction of sp³-hybridized carbons (Fsp3) is 0.400. The number of hydrogen-bond donors (Lipinski definition) is 1. The molecule has 66 valence electrons. The molecule has 1 aromatic rings. The van der Waals surface area contributed by atoms with Crippen molar-refractivity contribution < 1.29 is 4.39 Å². The molecule has 0 aliphatic rings. The lowest BCUT2D eigenvalue weighted by Gasteiger charge is -2.15. The highest BCUT2D eigenvalue weighted by atomic mass is 19.1. The average Bonchev–Trinajstić information content (AvgIpc) is 2.17. The van der Waals surface area contributed by atoms with Crippen LogP contribution in [0.3, 0.4) is 0 Å². The molecular formula is C10H14FN. The topological polar surface area (TPSA) is 12.0 Å². The highest BCUT2D eigenvalue weighted by molar-refractivity contribution is 5.18. The van der Waals surface area contributed by atoms with E-state index in [9.17, 15) is 4.39 Å². The smallest absolute Gasteiger partial charge is 0.140 e. The maximum absolute atomic E-state index is 13.5. The van der Waals surface area contributed by atoms with Crippen LogP contribution in [-0.2, 0) is 0 Å². The molecule has 0 bridgehead atoms. The van der Waals surface area contributed by atoms with Crippen molar-refractivity contribution in [1.29, 1.82) is 0 Å². The Morgan fingerprint density at radius 3 is 2.33 bits per heavy atom. The predicted octanol–water partition coefficient (Wildman–Crippen LogP) is 2.31. The van der Waals surface area contributed by atoms with Crippen molar-refractivity contribution in [2.75, 3.05) is 7.05 Å². The van der Waals surface area contributed by atoms with Gasteiger partial charge in [0.15, 0.2) is 0 Å². The summed E-state index contributed by atoms with van der Waals surface area (Å²) in [4.78, 5) is 0. The summed E-state index contributed by atoms with van der Waals surface area (Å²) < 4.78 is 13.5. The third-order valence-electron chi connectivity index (χ3n) is 2.01. The lowest BCUT2D eigenvalue weighted by molar-refractivity contribution is 0.275. The molecule has 0 saturated heterocycles. The Balaban J connectivity index is 2.71. The van der Waals surface area contributed by atoms with E-state index in [1.807, 2.05) is 25.1 Å². The van der Waals surface area contributed by atoms with Crippen LogP contribution in [0.2, 0.25) is 0 Å². The van der Waals surface area contributed by atoms with Crippen molar-refractivity contribution >= 4 is 0 Å². The molecule has 0 unspecified atom stereocenters. The molecule has 1 N–H and O–H groups in total. The molecule has 2 atom stereocenters. The van der Waals surface area contributed by atoms with E-state index in [-0.39, 0.29) is 6.04 Å². The van der Waals surface area contributed by atoms with Crippen LogP contribution in [0.15, 0.2) is 30.3 Å². The Labute approximate surface area is 72.6 Å². The van der Waals surface area contributed by atoms with Gasteiger partial charge in [-0.3, -0.25) is 0 Å². The predicted molar refractivity (Wildman–Crippen MR) is 48.8 cm³/mol. The Morgan fingerprint density at radius 2 is 1.83 bits per heavy atom. The summed E-state index contributed by atoms with van der Waals surface area (Å²) in [5.74, 6) is 0. The lowest BCUT2D eigenvalue weighted by atomic mass is 10.1. The monoisotopic (exact) mass is 167 g/mol. The molecule has 0 fully saturated rings. The van der Waals surface area contributed by atoms with E-state index in [0.717, 1.165) is 5.56 Å². The van der Waals surface area contributed by atoms with Gasteiger partial charge in [0.2, 0.25) is 0 Å². The Kier molecular flexibility index (Phi) is 3.23. The summed E-state index contributed by atoms with van der Waals surface area (Å²) in [6.45, 7) is 1.83. The van der Waals surface area contributed by atoms with E-state index in [2.05, 4.69) is 5.32 Å². The zero-order valence-electron chi connectivity index (χ0n) is 7.42. The second kappa shape index (κ2) is 4.21. The molecule has 1 nitrogen and oxygen atoms in total. The zero-order valence-corrected chi connectivity index (χ0v) is 7.42. The minimum absolute atomic E-state index is 0.132. The highest BCUT2D eigenvalue weighted by Gasteiger charge is 2.15. The molecule has 0 saturated carbocycles. The number of hydrogen-bond acceptors (Lipinski definition) is 1. The minimum Gasteiger partial charge on any atom is -0.314 e. The van der Waals surface area contributed by atoms with Crippen LogP contribution in [0.1, 0.15) is 18.7 Å². The second-order valence-corrected chi connectivity index (χ2v) is 2.89. The molecule has 0 amide bonds. The van der Waals surface area contributed by atoms with Gasteiger partial charge in [0.05, 0.1) is 0 Å². The van der Waals surface area contributed by atoms with Gasteiger partial charge < -0.3 is 5.32 Å². The van der Waals surface area contributed by atoms with E-state index >= 15 is 0 Å². The van der Waals surface area contributed by atoms with Crippen molar-refractivity contribution in [3.8, 4) is 0 Å². The maximum Gasteiger partial charge on any atom is 0.140 e. The summed E-state index contributed by atoms with van der Waals surface area (Å²) in [5, 5.41) is 2.89. The van der Waals surface area contributed by atoms with Crippen molar-refractivity contribution in [3.05, 3.63) is 35.9 Å². The molecule has 0 aliphatic heterocycles. The summed E-state index contributed by atoms with van der Waals surface area (Å²) in [6.07, 6.45) is -0.920. The first-order valence-electron chi connectivity index (χ1n) is 4.12. The van der Waals surface area contributed by atoms with Gasteiger partial charge in [-0.1, -0.05) is 30.3 Å². The van der Waals surface area contributed by atoms with E-state index in [1.54, 1.807) is 19.2 Å². The number of nitrogens with one attached hydrogen (secondary N) is 1. The van der Waals surface area contributed by atoms with Gasteiger partial charge in [-0.05, 0) is 19.5 Å². The first-order valence-corrected chi connectivity index (χ1v) is 4.12. The molecular weight excluding hydrogens is 153 g/mol. The fourth-order valence-electron chi connectivity index (χ4n) is 1.07. The van der Waals surface area contributed by atoms with Gasteiger partial charge in [-0.25, -0.2) is 4.39 Å². The van der Waals surface area contributed by atoms with Crippen LogP contribution in [0, 0.1) is 0 Å². The summed E-state index contributed by atoms with van der Waals surface area (Å²) >= 11 is 0. The van der Waals surface area contributed by atoms with Gasteiger partial charge >= 0.3 is 0 Å². The molecule has 2 heteroatoms. The van der Waals surface area contributed by atoms with Crippen LogP contribution in [-0.4, -0.2) is 13.1 Å². The van der Waals surface area contributed by atoms with Crippen molar-refractivity contribution in [3.63, 3.8) is 0 Å². The Hall–Kier alpha value is -0.890. The van der Waals surface area contributed by atoms with E-state index in [4.69, 9.17) is 0 Å². The SMILES string of the molecule is CN[C@@H](C)[C@H](F)c1ccccc1. The Bertz CT molecular complexity index is 223. The van der Waals surface area contributed by atoms with Gasteiger partial charge in [0, 0.05) is 6.04 Å². The largest absolute Gasteiger partial charge is 0.314 e. The zero-order chi connectivity index (χ0) is 8.97. The molecule has 0 heterocycles. The molecule has 0 aromatic heterocycles. The molecule has 1 aromatic carbocycles. The van der Waals surface area contributed by atoms with Crippen LogP contribution >= 0.6 is 0 Å². The quantitative estimate of drug-likeness (QED) is 0.728. The molecule has 0 radical (unpaired) electrons. The van der Waals surface area contributed by atoms with Gasteiger partial charge in [-0.15, -0.1) is 0 Å². The third-order valence-corrected chi connectivity index (χ3v) is 2.01. The number of likely N-dealkylation sites (N-methyl/N-ethyl adjacent to an activating group) is 1. The molecule has 12 heavy (non-hydrogen) atoms. The van der Waals surface area contributed by atoms with E-state index in [1.165, 1.54) is 0 Å². The van der Waals surface area contributed by atoms with Crippen molar-refractivity contribution in [1.82, 2.24) is 5.32 Å². The number of rotatable bonds is 3. The number of alkyl halides is 1. The normalized spacial score (nSPS) is 15.6. The second-order valence-electron chi connectivity index (χ2n) is 2.89. The molecule has 0 aliphatic carbocycles. The van der Waals surface area contributed by atoms with Crippen LogP contribution in [0.5, 0.6) is 0 Å². The molecule has 1 rings (SSSR count). The van der Waals surface area contributed by atoms with Gasteiger partial charge in [0.1, 0.15) is 6.17 Å². The lowest BCUT2D eigenvalue weighted by Crippen LogP contribution is -2.26. The molecule has 0 spiro atoms. The highest BCUT2D eigenvalue weighted by Crippen LogP contribution is 2.20. The van der Waals surface area contributed by atoms with Crippen molar-refractivity contribution in [2.24, 2.45) is 0 Å². The van der Waals surface area contributed by atoms with Gasteiger partial charge in [0.25, 0.3) is 0 Å². The van der Waals surface area contributed by atoms with E-state index < -0.39 is 6.17 Å². The third kappa shape index (κ3) is 2.05. The van der Waals surface area contributed by atoms with Crippen molar-refractivity contribution in [2.45, 2.75) is 19.1 Å². The minimum atomic E-state index is -0.920. The summed E-state index contributed by atoms with van der Waals surface area (Å²) in [5.41, 5.74) is 0.736. The fourth-order valence-corrected chi connectivity index (χ4v) is 1.07. The number of halogens is 1. The summed E-state index contributed by atoms with van der Waals surface area (Å²) in [6, 6.07) is 9.07. The number of benzene rings is 1. The van der Waals surface area contributed by atoms with Crippen LogP contribution in [0.25, 0.3) is 0 Å².